The van der Waals surface area contributed by atoms with Crippen molar-refractivity contribution in [3.8, 4) is 0 Å². The van der Waals surface area contributed by atoms with Crippen molar-refractivity contribution in [1.82, 2.24) is 14.7 Å². The van der Waals surface area contributed by atoms with Crippen LogP contribution in [-0.2, 0) is 13.5 Å². The van der Waals surface area contributed by atoms with Gasteiger partial charge in [0.25, 0.3) is 5.91 Å². The number of carbonyl (C=O) groups excluding carboxylic acids is 1. The van der Waals surface area contributed by atoms with Gasteiger partial charge in [0.1, 0.15) is 5.82 Å². The summed E-state index contributed by atoms with van der Waals surface area (Å²) in [5, 5.41) is 4.45. The average molecular weight is 322 g/mol. The summed E-state index contributed by atoms with van der Waals surface area (Å²) in [6, 6.07) is 4.65. The molecule has 4 nitrogen and oxygen atoms in total. The van der Waals surface area contributed by atoms with E-state index in [0.29, 0.717) is 29.1 Å². The molecular weight excluding hydrogens is 305 g/mol. The summed E-state index contributed by atoms with van der Waals surface area (Å²) in [5.41, 5.74) is 1.05. The molecule has 6 heteroatoms. The van der Waals surface area contributed by atoms with E-state index < -0.39 is 0 Å². The zero-order valence-electron chi connectivity index (χ0n) is 12.3. The topological polar surface area (TPSA) is 38.1 Å². The molecule has 1 aliphatic rings. The van der Waals surface area contributed by atoms with E-state index >= 15 is 0 Å². The van der Waals surface area contributed by atoms with E-state index in [1.807, 2.05) is 0 Å². The molecule has 1 aliphatic heterocycles. The molecule has 1 atom stereocenters. The molecule has 2 heterocycles. The van der Waals surface area contributed by atoms with Crippen LogP contribution in [0.2, 0.25) is 5.02 Å². The lowest BCUT2D eigenvalue weighted by Crippen LogP contribution is -2.36. The van der Waals surface area contributed by atoms with Gasteiger partial charge < -0.3 is 4.90 Å². The minimum Gasteiger partial charge on any atom is -0.335 e. The third kappa shape index (κ3) is 2.86. The van der Waals surface area contributed by atoms with Crippen LogP contribution in [0.5, 0.6) is 0 Å². The van der Waals surface area contributed by atoms with Crippen LogP contribution in [-0.4, -0.2) is 33.2 Å². The Hall–Kier alpha value is -1.88. The summed E-state index contributed by atoms with van der Waals surface area (Å²) in [5.74, 6) is -0.365. The zero-order chi connectivity index (χ0) is 15.7. The molecular formula is C16H17ClFN3O. The van der Waals surface area contributed by atoms with Crippen molar-refractivity contribution < 1.29 is 9.18 Å². The Kier molecular flexibility index (Phi) is 4.16. The van der Waals surface area contributed by atoms with E-state index in [9.17, 15) is 9.18 Å². The maximum Gasteiger partial charge on any atom is 0.257 e. The normalized spacial score (nSPS) is 18.0. The van der Waals surface area contributed by atoms with Crippen molar-refractivity contribution in [2.75, 3.05) is 6.54 Å². The highest BCUT2D eigenvalue weighted by Gasteiger charge is 2.31. The summed E-state index contributed by atoms with van der Waals surface area (Å²) in [4.78, 5) is 14.4. The van der Waals surface area contributed by atoms with Crippen LogP contribution in [0.1, 0.15) is 28.8 Å². The molecule has 1 fully saturated rings. The van der Waals surface area contributed by atoms with Gasteiger partial charge in [0.15, 0.2) is 0 Å². The van der Waals surface area contributed by atoms with Crippen LogP contribution in [0.25, 0.3) is 0 Å². The number of halogens is 2. The summed E-state index contributed by atoms with van der Waals surface area (Å²) in [7, 11) is 1.78. The van der Waals surface area contributed by atoms with Crippen LogP contribution in [0, 0.1) is 5.82 Å². The highest BCUT2D eigenvalue weighted by molar-refractivity contribution is 6.31. The van der Waals surface area contributed by atoms with E-state index in [4.69, 9.17) is 11.6 Å². The van der Waals surface area contributed by atoms with Gasteiger partial charge in [-0.15, -0.1) is 0 Å². The largest absolute Gasteiger partial charge is 0.335 e. The van der Waals surface area contributed by atoms with Crippen molar-refractivity contribution in [3.05, 3.63) is 52.6 Å². The zero-order valence-corrected chi connectivity index (χ0v) is 13.1. The number of hydrogen-bond acceptors (Lipinski definition) is 2. The predicted octanol–water partition coefficient (Wildman–Crippen LogP) is 3.06. The van der Waals surface area contributed by atoms with Crippen molar-refractivity contribution in [2.24, 2.45) is 7.05 Å². The Morgan fingerprint density at radius 2 is 2.32 bits per heavy atom. The minimum absolute atomic E-state index is 0.0258. The molecule has 0 radical (unpaired) electrons. The maximum absolute atomic E-state index is 14.0. The van der Waals surface area contributed by atoms with Gasteiger partial charge in [-0.3, -0.25) is 9.48 Å². The Bertz CT molecular complexity index is 680. The third-order valence-electron chi connectivity index (χ3n) is 4.09. The van der Waals surface area contributed by atoms with Crippen molar-refractivity contribution in [2.45, 2.75) is 25.3 Å². The number of hydrogen-bond donors (Lipinski definition) is 0. The molecule has 2 aromatic rings. The lowest BCUT2D eigenvalue weighted by molar-refractivity contribution is 0.0736. The fraction of sp³-hybridized carbons (Fsp3) is 0.375. The maximum atomic E-state index is 14.0. The Morgan fingerprint density at radius 3 is 3.00 bits per heavy atom. The van der Waals surface area contributed by atoms with Gasteiger partial charge in [-0.25, -0.2) is 4.39 Å². The molecule has 1 aromatic heterocycles. The highest BCUT2D eigenvalue weighted by atomic mass is 35.5. The monoisotopic (exact) mass is 321 g/mol. The molecule has 116 valence electrons. The van der Waals surface area contributed by atoms with E-state index in [1.54, 1.807) is 41.2 Å². The fourth-order valence-corrected chi connectivity index (χ4v) is 3.22. The number of nitrogens with zero attached hydrogens (tertiary/aromatic N) is 3. The van der Waals surface area contributed by atoms with Crippen LogP contribution in [0.3, 0.4) is 0 Å². The molecule has 1 aromatic carbocycles. The molecule has 22 heavy (non-hydrogen) atoms. The van der Waals surface area contributed by atoms with E-state index in [2.05, 4.69) is 5.10 Å². The van der Waals surface area contributed by atoms with Crippen molar-refractivity contribution in [1.29, 1.82) is 0 Å². The van der Waals surface area contributed by atoms with E-state index in [-0.39, 0.29) is 17.8 Å². The number of aryl methyl sites for hydroxylation is 1. The standard InChI is InChI=1S/C16H17ClFN3O/c1-20-10-11(9-19-20)16(22)21-7-3-4-12(21)8-13-14(17)5-2-6-15(13)18/h2,5-6,9-10,12H,3-4,7-8H2,1H3/t12-/m0/s1. The second-order valence-corrected chi connectivity index (χ2v) is 6.01. The minimum atomic E-state index is -0.312. The average Bonchev–Trinajstić information content (AvgIpc) is 3.11. The van der Waals surface area contributed by atoms with E-state index in [0.717, 1.165) is 12.8 Å². The second-order valence-electron chi connectivity index (χ2n) is 5.60. The van der Waals surface area contributed by atoms with Gasteiger partial charge in [-0.1, -0.05) is 17.7 Å². The molecule has 0 unspecified atom stereocenters. The molecule has 1 amide bonds. The number of carbonyl (C=O) groups is 1. The molecule has 0 saturated carbocycles. The number of amides is 1. The third-order valence-corrected chi connectivity index (χ3v) is 4.45. The first-order valence-electron chi connectivity index (χ1n) is 7.29. The van der Waals surface area contributed by atoms with Crippen LogP contribution < -0.4 is 0 Å². The second kappa shape index (κ2) is 6.08. The molecule has 0 bridgehead atoms. The van der Waals surface area contributed by atoms with Gasteiger partial charge >= 0.3 is 0 Å². The fourth-order valence-electron chi connectivity index (χ4n) is 2.98. The summed E-state index contributed by atoms with van der Waals surface area (Å²) < 4.78 is 15.6. The Balaban J connectivity index is 1.80. The quantitative estimate of drug-likeness (QED) is 0.871. The van der Waals surface area contributed by atoms with Gasteiger partial charge in [0, 0.05) is 36.4 Å². The summed E-state index contributed by atoms with van der Waals surface area (Å²) >= 11 is 6.10. The number of likely N-dealkylation sites (tertiary alicyclic amines) is 1. The molecule has 1 saturated heterocycles. The van der Waals surface area contributed by atoms with Crippen LogP contribution in [0.4, 0.5) is 4.39 Å². The molecule has 0 aliphatic carbocycles. The number of rotatable bonds is 3. The highest BCUT2D eigenvalue weighted by Crippen LogP contribution is 2.27. The number of aromatic nitrogens is 2. The van der Waals surface area contributed by atoms with Gasteiger partial charge in [0.2, 0.25) is 0 Å². The first-order chi connectivity index (χ1) is 10.6. The van der Waals surface area contributed by atoms with Crippen molar-refractivity contribution >= 4 is 17.5 Å². The predicted molar refractivity (Wildman–Crippen MR) is 82.4 cm³/mol. The summed E-state index contributed by atoms with van der Waals surface area (Å²) in [6.07, 6.45) is 5.48. The van der Waals surface area contributed by atoms with Crippen molar-refractivity contribution in [3.63, 3.8) is 0 Å². The van der Waals surface area contributed by atoms with Crippen LogP contribution in [0.15, 0.2) is 30.6 Å². The van der Waals surface area contributed by atoms with E-state index in [1.165, 1.54) is 6.07 Å². The first-order valence-corrected chi connectivity index (χ1v) is 7.66. The molecule has 0 N–H and O–H groups in total. The number of benzene rings is 1. The van der Waals surface area contributed by atoms with Gasteiger partial charge in [0.05, 0.1) is 11.8 Å². The Morgan fingerprint density at radius 1 is 1.50 bits per heavy atom. The Labute approximate surface area is 133 Å². The lowest BCUT2D eigenvalue weighted by Gasteiger charge is -2.25. The first kappa shape index (κ1) is 15.0. The molecule has 0 spiro atoms. The summed E-state index contributed by atoms with van der Waals surface area (Å²) in [6.45, 7) is 0.685. The smallest absolute Gasteiger partial charge is 0.257 e. The molecule has 3 rings (SSSR count). The lowest BCUT2D eigenvalue weighted by atomic mass is 10.0. The SMILES string of the molecule is Cn1cc(C(=O)N2CCC[C@H]2Cc2c(F)cccc2Cl)cn1. The van der Waals surface area contributed by atoms with Gasteiger partial charge in [-0.2, -0.15) is 5.10 Å². The van der Waals surface area contributed by atoms with Crippen LogP contribution >= 0.6 is 11.6 Å². The van der Waals surface area contributed by atoms with Gasteiger partial charge in [-0.05, 0) is 31.4 Å².